The van der Waals surface area contributed by atoms with Crippen molar-refractivity contribution in [3.8, 4) is 0 Å². The van der Waals surface area contributed by atoms with Gasteiger partial charge in [0.1, 0.15) is 11.6 Å². The summed E-state index contributed by atoms with van der Waals surface area (Å²) in [4.78, 5) is 16.4. The molecule has 6 aromatic rings. The largest absolute Gasteiger partial charge is 0.579 e. The number of hydrogen-bond donors (Lipinski definition) is 0. The van der Waals surface area contributed by atoms with E-state index in [2.05, 4.69) is 42.5 Å². The van der Waals surface area contributed by atoms with Crippen molar-refractivity contribution in [1.82, 2.24) is 30.4 Å². The topological polar surface area (TPSA) is 92.7 Å². The van der Waals surface area contributed by atoms with Crippen LogP contribution in [-0.4, -0.2) is 34.3 Å². The maximum Gasteiger partial charge on any atom is 0.124 e. The first kappa shape index (κ1) is 40.0. The molecule has 2 aliphatic heterocycles. The van der Waals surface area contributed by atoms with E-state index in [9.17, 15) is 8.78 Å². The Labute approximate surface area is 320 Å². The summed E-state index contributed by atoms with van der Waals surface area (Å²) in [5.74, 6) is 1.08. The Balaban J connectivity index is 0.000000192. The van der Waals surface area contributed by atoms with Gasteiger partial charge < -0.3 is 40.0 Å². The van der Waals surface area contributed by atoms with Crippen LogP contribution in [0.1, 0.15) is 22.8 Å². The molecule has 10 nitrogen and oxygen atoms in total. The monoisotopic (exact) mass is 1030 g/mol. The number of pyridine rings is 2. The Morgan fingerprint density at radius 2 is 1.02 bits per heavy atom. The van der Waals surface area contributed by atoms with Crippen LogP contribution in [0.3, 0.4) is 0 Å². The number of halogens is 2. The van der Waals surface area contributed by atoms with Crippen LogP contribution in [0.25, 0.3) is 0 Å². The van der Waals surface area contributed by atoms with Crippen molar-refractivity contribution in [1.29, 1.82) is 0 Å². The Morgan fingerprint density at radius 3 is 1.30 bits per heavy atom. The summed E-state index contributed by atoms with van der Waals surface area (Å²) in [7, 11) is 3.90. The molecule has 14 heteroatoms. The Kier molecular flexibility index (Phi) is 14.9. The van der Waals surface area contributed by atoms with Gasteiger partial charge >= 0.3 is 0 Å². The molecule has 0 aliphatic carbocycles. The standard InChI is InChI=1S/2C13H10FN3.2C5H7N2.2Pt/c2*1-16-9-17(11-6-4-10(14)5-7-11)13-12(16)3-2-8-15-13;2*1-4-3-5(2)7-6-4;;/h2*2-6,8-9H,1H3;2*3H,1-2H3;;/q2*-2;2*-1;;. The molecular formula is C36H34F2N10Pt2-6. The van der Waals surface area contributed by atoms with E-state index < -0.39 is 0 Å². The summed E-state index contributed by atoms with van der Waals surface area (Å²) >= 11 is 0. The van der Waals surface area contributed by atoms with Crippen LogP contribution in [0.4, 0.5) is 43.2 Å². The first-order valence-electron chi connectivity index (χ1n) is 14.9. The van der Waals surface area contributed by atoms with E-state index in [-0.39, 0.29) is 53.8 Å². The van der Waals surface area contributed by atoms with E-state index >= 15 is 0 Å². The fourth-order valence-corrected chi connectivity index (χ4v) is 4.76. The minimum atomic E-state index is -0.289. The average Bonchev–Trinajstić information content (AvgIpc) is 3.85. The quantitative estimate of drug-likeness (QED) is 0.174. The molecule has 268 valence electrons. The maximum absolute atomic E-state index is 12.9. The van der Waals surface area contributed by atoms with E-state index in [1.165, 1.54) is 24.3 Å². The van der Waals surface area contributed by atoms with Gasteiger partial charge in [0.2, 0.25) is 0 Å². The number of aromatic nitrogens is 6. The normalized spacial score (nSPS) is 12.2. The summed E-state index contributed by atoms with van der Waals surface area (Å²) in [6, 6.07) is 26.3. The molecule has 0 unspecified atom stereocenters. The summed E-state index contributed by atoms with van der Waals surface area (Å²) in [6.07, 6.45) is 3.48. The van der Waals surface area contributed by atoms with Crippen molar-refractivity contribution in [3.63, 3.8) is 0 Å². The summed E-state index contributed by atoms with van der Waals surface area (Å²) < 4.78 is 25.7. The van der Waals surface area contributed by atoms with Gasteiger partial charge in [-0.05, 0) is 52.2 Å². The van der Waals surface area contributed by atoms with E-state index in [1.54, 1.807) is 24.5 Å². The SMILES string of the molecule is CN1[CH-]N(c2[c-]cc(F)cc2)c2ncccc21.CN1[CH-]N(c2[c-]cc(F)cc2)c2ncccc21.Cc1cc(C)[n-]n1.Cc1cc(C)[n-]n1.[Pt].[Pt]. The number of benzene rings is 2. The smallest absolute Gasteiger partial charge is 0.124 e. The van der Waals surface area contributed by atoms with Crippen molar-refractivity contribution in [2.75, 3.05) is 33.7 Å². The van der Waals surface area contributed by atoms with Crippen molar-refractivity contribution in [3.05, 3.63) is 145 Å². The molecule has 0 fully saturated rings. The van der Waals surface area contributed by atoms with Gasteiger partial charge in [-0.2, -0.15) is 25.5 Å². The van der Waals surface area contributed by atoms with E-state index in [0.29, 0.717) is 0 Å². The molecule has 2 aliphatic rings. The van der Waals surface area contributed by atoms with Gasteiger partial charge in [-0.1, -0.05) is 26.0 Å². The van der Waals surface area contributed by atoms with Crippen LogP contribution in [0.2, 0.25) is 0 Å². The molecule has 0 atom stereocenters. The number of hydrogen-bond acceptors (Lipinski definition) is 8. The van der Waals surface area contributed by atoms with Gasteiger partial charge in [-0.15, -0.1) is 59.2 Å². The van der Waals surface area contributed by atoms with Crippen LogP contribution in [0, 0.1) is 64.8 Å². The van der Waals surface area contributed by atoms with Crippen molar-refractivity contribution in [2.45, 2.75) is 27.7 Å². The minimum absolute atomic E-state index is 0. The van der Waals surface area contributed by atoms with E-state index in [1.807, 2.05) is 111 Å². The molecule has 0 saturated carbocycles. The van der Waals surface area contributed by atoms with Crippen molar-refractivity contribution < 1.29 is 50.9 Å². The fourth-order valence-electron chi connectivity index (χ4n) is 4.76. The Hall–Kier alpha value is -4.40. The molecule has 4 aromatic heterocycles. The third-order valence-electron chi connectivity index (χ3n) is 6.93. The molecule has 0 bridgehead atoms. The van der Waals surface area contributed by atoms with Gasteiger partial charge in [-0.25, -0.2) is 9.97 Å². The number of aryl methyl sites for hydroxylation is 4. The van der Waals surface area contributed by atoms with Crippen LogP contribution < -0.4 is 29.8 Å². The van der Waals surface area contributed by atoms with Gasteiger partial charge in [0, 0.05) is 88.9 Å². The van der Waals surface area contributed by atoms with Crippen LogP contribution in [-0.2, 0) is 42.1 Å². The zero-order chi connectivity index (χ0) is 34.2. The predicted octanol–water partition coefficient (Wildman–Crippen LogP) is 6.76. The average molecular weight is 1030 g/mol. The second-order valence-corrected chi connectivity index (χ2v) is 10.9. The molecule has 0 spiro atoms. The first-order valence-corrected chi connectivity index (χ1v) is 14.9. The van der Waals surface area contributed by atoms with Crippen LogP contribution in [0.15, 0.2) is 85.2 Å². The molecule has 0 N–H and O–H groups in total. The molecule has 2 aromatic carbocycles. The van der Waals surface area contributed by atoms with Gasteiger partial charge in [0.15, 0.2) is 0 Å². The van der Waals surface area contributed by atoms with Crippen LogP contribution >= 0.6 is 0 Å². The predicted molar refractivity (Wildman–Crippen MR) is 183 cm³/mol. The number of nitrogens with zero attached hydrogens (tertiary/aromatic N) is 10. The first-order chi connectivity index (χ1) is 23.1. The van der Waals surface area contributed by atoms with Crippen molar-refractivity contribution >= 4 is 34.4 Å². The molecule has 0 radical (unpaired) electrons. The molecule has 0 amide bonds. The maximum atomic E-state index is 12.9. The number of fused-ring (bicyclic) bond motifs is 2. The summed E-state index contributed by atoms with van der Waals surface area (Å²) in [6.45, 7) is 11.5. The van der Waals surface area contributed by atoms with Crippen molar-refractivity contribution in [2.24, 2.45) is 0 Å². The van der Waals surface area contributed by atoms with Gasteiger partial charge in [0.25, 0.3) is 0 Å². The molecule has 0 saturated heterocycles. The van der Waals surface area contributed by atoms with Gasteiger partial charge in [0.05, 0.1) is 0 Å². The number of anilines is 6. The fraction of sp³-hybridized carbons (Fsp3) is 0.167. The van der Waals surface area contributed by atoms with E-state index in [0.717, 1.165) is 57.2 Å². The molecular weight excluding hydrogens is 1000 g/mol. The zero-order valence-electron chi connectivity index (χ0n) is 28.1. The Bertz CT molecular complexity index is 1740. The summed E-state index contributed by atoms with van der Waals surface area (Å²) in [5.41, 5.74) is 7.58. The minimum Gasteiger partial charge on any atom is -0.579 e. The molecule has 8 rings (SSSR count). The zero-order valence-corrected chi connectivity index (χ0v) is 32.6. The molecule has 6 heterocycles. The Morgan fingerprint density at radius 1 is 0.620 bits per heavy atom. The second kappa shape index (κ2) is 18.6. The van der Waals surface area contributed by atoms with E-state index in [4.69, 9.17) is 0 Å². The number of rotatable bonds is 2. The van der Waals surface area contributed by atoms with Crippen LogP contribution in [0.5, 0.6) is 0 Å². The summed E-state index contributed by atoms with van der Waals surface area (Å²) in [5, 5.41) is 15.1. The third-order valence-corrected chi connectivity index (χ3v) is 6.93. The van der Waals surface area contributed by atoms with Gasteiger partial charge in [-0.3, -0.25) is 8.78 Å². The molecule has 50 heavy (non-hydrogen) atoms. The third kappa shape index (κ3) is 10.3. The second-order valence-electron chi connectivity index (χ2n) is 10.9.